The Balaban J connectivity index is 0.00000363. The van der Waals surface area contributed by atoms with Crippen LogP contribution in [-0.2, 0) is 22.6 Å². The summed E-state index contributed by atoms with van der Waals surface area (Å²) >= 11 is 0. The monoisotopic (exact) mass is 560 g/mol. The molecule has 2 heterocycles. The Hall–Kier alpha value is -0.940. The van der Waals surface area contributed by atoms with Crippen LogP contribution in [0.1, 0.15) is 44.7 Å². The van der Waals surface area contributed by atoms with Gasteiger partial charge in [-0.05, 0) is 44.7 Å². The molecular formula is C24H41IN4O3. The molecule has 3 unspecified atom stereocenters. The highest BCUT2D eigenvalue weighted by Crippen LogP contribution is 2.31. The zero-order valence-electron chi connectivity index (χ0n) is 19.8. The van der Waals surface area contributed by atoms with Gasteiger partial charge in [0.1, 0.15) is 0 Å². The summed E-state index contributed by atoms with van der Waals surface area (Å²) in [4.78, 5) is 7.23. The lowest BCUT2D eigenvalue weighted by Gasteiger charge is -2.35. The Bertz CT molecular complexity index is 685. The minimum Gasteiger partial charge on any atom is -0.396 e. The first-order chi connectivity index (χ1) is 15.0. The highest BCUT2D eigenvalue weighted by atomic mass is 127. The van der Waals surface area contributed by atoms with Gasteiger partial charge in [-0.15, -0.1) is 24.0 Å². The van der Waals surface area contributed by atoms with E-state index in [4.69, 9.17) is 14.5 Å². The summed E-state index contributed by atoms with van der Waals surface area (Å²) in [5.74, 6) is 0.812. The fourth-order valence-electron chi connectivity index (χ4n) is 4.52. The van der Waals surface area contributed by atoms with Gasteiger partial charge in [-0.25, -0.2) is 4.99 Å². The number of aliphatic hydroxyl groups is 1. The van der Waals surface area contributed by atoms with Crippen molar-refractivity contribution in [3.63, 3.8) is 0 Å². The number of aliphatic hydroxyl groups excluding tert-OH is 1. The second-order valence-electron chi connectivity index (χ2n) is 9.09. The van der Waals surface area contributed by atoms with E-state index in [2.05, 4.69) is 60.6 Å². The summed E-state index contributed by atoms with van der Waals surface area (Å²) in [6, 6.07) is 8.77. The van der Waals surface area contributed by atoms with Crippen molar-refractivity contribution in [2.45, 2.75) is 58.9 Å². The van der Waals surface area contributed by atoms with Gasteiger partial charge in [0.15, 0.2) is 5.96 Å². The quantitative estimate of drug-likeness (QED) is 0.245. The standard InChI is InChI=1S/C24H40N4O3.HI/c1-4-25-23(27-17-24(9-11-29)10-12-30-18-24)26-13-21-5-7-22(8-6-21)16-28-14-19(2)31-20(3)15-28;/h5-8,19-20,29H,4,9-18H2,1-3H3,(H2,25,26,27);1H. The molecule has 1 aromatic carbocycles. The van der Waals surface area contributed by atoms with E-state index in [-0.39, 0.29) is 36.0 Å². The van der Waals surface area contributed by atoms with Crippen LogP contribution in [-0.4, -0.2) is 74.2 Å². The molecule has 0 spiro atoms. The van der Waals surface area contributed by atoms with Gasteiger partial charge >= 0.3 is 0 Å². The maximum atomic E-state index is 9.43. The third kappa shape index (κ3) is 8.44. The second-order valence-corrected chi connectivity index (χ2v) is 9.09. The van der Waals surface area contributed by atoms with Crippen LogP contribution in [0, 0.1) is 5.41 Å². The van der Waals surface area contributed by atoms with E-state index in [9.17, 15) is 5.11 Å². The van der Waals surface area contributed by atoms with E-state index in [1.807, 2.05) is 0 Å². The van der Waals surface area contributed by atoms with Crippen molar-refractivity contribution in [3.8, 4) is 0 Å². The maximum Gasteiger partial charge on any atom is 0.191 e. The number of guanidine groups is 1. The molecule has 2 fully saturated rings. The predicted molar refractivity (Wildman–Crippen MR) is 140 cm³/mol. The summed E-state index contributed by atoms with van der Waals surface area (Å²) in [6.45, 7) is 13.1. The molecule has 7 nitrogen and oxygen atoms in total. The third-order valence-electron chi connectivity index (χ3n) is 6.15. The minimum absolute atomic E-state index is 0. The number of halogens is 1. The molecular weight excluding hydrogens is 519 g/mol. The minimum atomic E-state index is 0. The lowest BCUT2D eigenvalue weighted by Crippen LogP contribution is -2.44. The summed E-state index contributed by atoms with van der Waals surface area (Å²) in [7, 11) is 0. The number of ether oxygens (including phenoxy) is 2. The SMILES string of the molecule is CCNC(=NCc1ccc(CN2CC(C)OC(C)C2)cc1)NCC1(CCO)CCOC1.I. The van der Waals surface area contributed by atoms with Gasteiger partial charge in [0.25, 0.3) is 0 Å². The number of nitrogens with zero attached hydrogens (tertiary/aromatic N) is 2. The summed E-state index contributed by atoms with van der Waals surface area (Å²) in [5, 5.41) is 16.2. The van der Waals surface area contributed by atoms with Gasteiger partial charge in [0.2, 0.25) is 0 Å². The molecule has 0 aliphatic carbocycles. The Labute approximate surface area is 210 Å². The predicted octanol–water partition coefficient (Wildman–Crippen LogP) is 2.76. The lowest BCUT2D eigenvalue weighted by atomic mass is 9.84. The molecule has 0 amide bonds. The number of benzene rings is 1. The number of hydrogen-bond acceptors (Lipinski definition) is 5. The molecule has 0 bridgehead atoms. The van der Waals surface area contributed by atoms with Crippen LogP contribution in [0.15, 0.2) is 29.3 Å². The molecule has 182 valence electrons. The van der Waals surface area contributed by atoms with Crippen LogP contribution >= 0.6 is 24.0 Å². The van der Waals surface area contributed by atoms with E-state index < -0.39 is 0 Å². The van der Waals surface area contributed by atoms with Gasteiger partial charge in [0.05, 0.1) is 25.4 Å². The first-order valence-corrected chi connectivity index (χ1v) is 11.7. The van der Waals surface area contributed by atoms with E-state index in [0.717, 1.165) is 58.1 Å². The molecule has 0 saturated carbocycles. The van der Waals surface area contributed by atoms with Crippen molar-refractivity contribution >= 4 is 29.9 Å². The number of rotatable bonds is 9. The molecule has 2 aliphatic rings. The zero-order chi connectivity index (χ0) is 22.1. The molecule has 1 aromatic rings. The van der Waals surface area contributed by atoms with Crippen molar-refractivity contribution in [2.75, 3.05) is 46.0 Å². The Kier molecular flexibility index (Phi) is 11.7. The van der Waals surface area contributed by atoms with Crippen molar-refractivity contribution in [1.82, 2.24) is 15.5 Å². The van der Waals surface area contributed by atoms with Crippen molar-refractivity contribution < 1.29 is 14.6 Å². The molecule has 0 radical (unpaired) electrons. The number of nitrogens with one attached hydrogen (secondary N) is 2. The van der Waals surface area contributed by atoms with E-state index in [1.54, 1.807) is 0 Å². The highest BCUT2D eigenvalue weighted by Gasteiger charge is 2.34. The molecule has 3 atom stereocenters. The van der Waals surface area contributed by atoms with Crippen LogP contribution in [0.4, 0.5) is 0 Å². The molecule has 3 rings (SSSR count). The van der Waals surface area contributed by atoms with Crippen molar-refractivity contribution in [3.05, 3.63) is 35.4 Å². The highest BCUT2D eigenvalue weighted by molar-refractivity contribution is 14.0. The average molecular weight is 561 g/mol. The largest absolute Gasteiger partial charge is 0.396 e. The van der Waals surface area contributed by atoms with Crippen molar-refractivity contribution in [2.24, 2.45) is 10.4 Å². The molecule has 2 aliphatic heterocycles. The number of aliphatic imine (C=N–C) groups is 1. The topological polar surface area (TPSA) is 78.4 Å². The van der Waals surface area contributed by atoms with Gasteiger partial charge < -0.3 is 25.2 Å². The van der Waals surface area contributed by atoms with Gasteiger partial charge in [0, 0.05) is 51.4 Å². The molecule has 0 aromatic heterocycles. The van der Waals surface area contributed by atoms with E-state index in [0.29, 0.717) is 25.4 Å². The molecule has 3 N–H and O–H groups in total. The Morgan fingerprint density at radius 3 is 2.44 bits per heavy atom. The number of morpholine rings is 1. The van der Waals surface area contributed by atoms with Gasteiger partial charge in [-0.3, -0.25) is 4.90 Å². The van der Waals surface area contributed by atoms with Crippen LogP contribution in [0.2, 0.25) is 0 Å². The fourth-order valence-corrected chi connectivity index (χ4v) is 4.52. The third-order valence-corrected chi connectivity index (χ3v) is 6.15. The molecule has 32 heavy (non-hydrogen) atoms. The van der Waals surface area contributed by atoms with Crippen LogP contribution in [0.3, 0.4) is 0 Å². The average Bonchev–Trinajstić information content (AvgIpc) is 3.19. The summed E-state index contributed by atoms with van der Waals surface area (Å²) < 4.78 is 11.4. The molecule has 8 heteroatoms. The first-order valence-electron chi connectivity index (χ1n) is 11.7. The van der Waals surface area contributed by atoms with E-state index in [1.165, 1.54) is 11.1 Å². The Morgan fingerprint density at radius 2 is 1.84 bits per heavy atom. The van der Waals surface area contributed by atoms with Crippen LogP contribution in [0.5, 0.6) is 0 Å². The first kappa shape index (κ1) is 27.3. The Morgan fingerprint density at radius 1 is 1.16 bits per heavy atom. The lowest BCUT2D eigenvalue weighted by molar-refractivity contribution is -0.0704. The van der Waals surface area contributed by atoms with Gasteiger partial charge in [-0.2, -0.15) is 0 Å². The van der Waals surface area contributed by atoms with Gasteiger partial charge in [-0.1, -0.05) is 24.3 Å². The van der Waals surface area contributed by atoms with E-state index >= 15 is 0 Å². The number of hydrogen-bond donors (Lipinski definition) is 3. The smallest absolute Gasteiger partial charge is 0.191 e. The maximum absolute atomic E-state index is 9.43. The summed E-state index contributed by atoms with van der Waals surface area (Å²) in [5.41, 5.74) is 2.52. The van der Waals surface area contributed by atoms with Crippen molar-refractivity contribution in [1.29, 1.82) is 0 Å². The normalized spacial score (nSPS) is 26.6. The second kappa shape index (κ2) is 13.7. The zero-order valence-corrected chi connectivity index (χ0v) is 22.1. The van der Waals surface area contributed by atoms with Crippen LogP contribution in [0.25, 0.3) is 0 Å². The van der Waals surface area contributed by atoms with Crippen LogP contribution < -0.4 is 10.6 Å². The fraction of sp³-hybridized carbons (Fsp3) is 0.708. The summed E-state index contributed by atoms with van der Waals surface area (Å²) in [6.07, 6.45) is 2.31. The molecule has 2 saturated heterocycles.